The highest BCUT2D eigenvalue weighted by molar-refractivity contribution is 6.25. The molecule has 2 nitrogen and oxygen atoms in total. The molecule has 1 aromatic rings. The van der Waals surface area contributed by atoms with Crippen molar-refractivity contribution < 1.29 is 4.84 Å². The summed E-state index contributed by atoms with van der Waals surface area (Å²) in [5.41, 5.74) is 7.87. The lowest BCUT2D eigenvalue weighted by Crippen LogP contribution is -2.00. The first-order valence-corrected chi connectivity index (χ1v) is 6.95. The molecule has 0 atom stereocenters. The second kappa shape index (κ2) is 8.00. The van der Waals surface area contributed by atoms with Crippen LogP contribution in [-0.4, -0.2) is 12.3 Å². The molecule has 0 aliphatic carbocycles. The highest BCUT2D eigenvalue weighted by Gasteiger charge is 2.03. The van der Waals surface area contributed by atoms with E-state index < -0.39 is 0 Å². The fourth-order valence-electron chi connectivity index (χ4n) is 1.88. The largest absolute Gasteiger partial charge is 0.392 e. The van der Waals surface area contributed by atoms with Crippen LogP contribution in [0.3, 0.4) is 0 Å². The van der Waals surface area contributed by atoms with Crippen molar-refractivity contribution in [2.24, 2.45) is 5.16 Å². The number of aryl methyl sites for hydroxylation is 4. The molecule has 0 unspecified atom stereocenters. The molecule has 1 rings (SSSR count). The molecule has 0 bridgehead atoms. The van der Waals surface area contributed by atoms with Gasteiger partial charge in [-0.25, -0.2) is 0 Å². The summed E-state index contributed by atoms with van der Waals surface area (Å²) in [5.74, 6) is 0. The summed E-state index contributed by atoms with van der Waals surface area (Å²) < 4.78 is 0. The zero-order valence-electron chi connectivity index (χ0n) is 12.2. The third-order valence-electron chi connectivity index (χ3n) is 3.19. The normalized spacial score (nSPS) is 12.2. The first kappa shape index (κ1) is 15.8. The van der Waals surface area contributed by atoms with Gasteiger partial charge in [-0.15, -0.1) is 0 Å². The molecule has 0 heterocycles. The third-order valence-corrected chi connectivity index (χ3v) is 3.37. The van der Waals surface area contributed by atoms with E-state index in [-0.39, 0.29) is 0 Å². The van der Waals surface area contributed by atoms with Crippen molar-refractivity contribution in [2.75, 3.05) is 6.61 Å². The van der Waals surface area contributed by atoms with Crippen LogP contribution in [0.1, 0.15) is 35.6 Å². The molecule has 0 amide bonds. The zero-order valence-corrected chi connectivity index (χ0v) is 12.9. The molecule has 0 aromatic heterocycles. The molecule has 0 aliphatic rings. The average molecular weight is 280 g/mol. The van der Waals surface area contributed by atoms with E-state index in [0.717, 1.165) is 18.6 Å². The molecule has 3 heteroatoms. The van der Waals surface area contributed by atoms with E-state index in [2.05, 4.69) is 38.1 Å². The Kier molecular flexibility index (Phi) is 6.65. The minimum Gasteiger partial charge on any atom is -0.392 e. The van der Waals surface area contributed by atoms with E-state index in [9.17, 15) is 0 Å². The maximum absolute atomic E-state index is 5.39. The molecule has 0 spiro atoms. The first-order valence-electron chi connectivity index (χ1n) is 6.52. The van der Waals surface area contributed by atoms with Gasteiger partial charge in [-0.2, -0.15) is 0 Å². The van der Waals surface area contributed by atoms with Crippen molar-refractivity contribution in [2.45, 2.75) is 40.5 Å². The van der Waals surface area contributed by atoms with Gasteiger partial charge in [-0.05, 0) is 68.9 Å². The SMILES string of the molecule is C/C(CCc1cc(C)c(C)cc1C)=N\OC/C=C/Cl. The summed E-state index contributed by atoms with van der Waals surface area (Å²) in [6, 6.07) is 4.52. The molecular weight excluding hydrogens is 258 g/mol. The van der Waals surface area contributed by atoms with Crippen LogP contribution in [0.5, 0.6) is 0 Å². The van der Waals surface area contributed by atoms with Gasteiger partial charge < -0.3 is 4.84 Å². The molecule has 104 valence electrons. The van der Waals surface area contributed by atoms with Crippen molar-refractivity contribution >= 4 is 17.3 Å². The molecule has 1 aromatic carbocycles. The van der Waals surface area contributed by atoms with Crippen molar-refractivity contribution in [3.63, 3.8) is 0 Å². The van der Waals surface area contributed by atoms with Gasteiger partial charge in [0, 0.05) is 5.54 Å². The van der Waals surface area contributed by atoms with Gasteiger partial charge in [-0.1, -0.05) is 28.9 Å². The van der Waals surface area contributed by atoms with Crippen LogP contribution in [0.25, 0.3) is 0 Å². The number of benzene rings is 1. The Morgan fingerprint density at radius 2 is 1.89 bits per heavy atom. The maximum Gasteiger partial charge on any atom is 0.136 e. The van der Waals surface area contributed by atoms with E-state index in [0.29, 0.717) is 6.61 Å². The summed E-state index contributed by atoms with van der Waals surface area (Å²) in [6.45, 7) is 8.87. The molecule has 0 fully saturated rings. The van der Waals surface area contributed by atoms with Crippen molar-refractivity contribution in [3.8, 4) is 0 Å². The molecule has 0 radical (unpaired) electrons. The van der Waals surface area contributed by atoms with Crippen molar-refractivity contribution in [1.29, 1.82) is 0 Å². The van der Waals surface area contributed by atoms with Gasteiger partial charge in [0.25, 0.3) is 0 Å². The molecule has 0 N–H and O–H groups in total. The van der Waals surface area contributed by atoms with Gasteiger partial charge in [0.1, 0.15) is 6.61 Å². The predicted octanol–water partition coefficient (Wildman–Crippen LogP) is 4.69. The Hall–Kier alpha value is -1.28. The lowest BCUT2D eigenvalue weighted by atomic mass is 9.97. The van der Waals surface area contributed by atoms with Crippen LogP contribution in [-0.2, 0) is 11.3 Å². The van der Waals surface area contributed by atoms with Gasteiger partial charge >= 0.3 is 0 Å². The van der Waals surface area contributed by atoms with E-state index in [1.54, 1.807) is 6.08 Å². The van der Waals surface area contributed by atoms with E-state index in [1.807, 2.05) is 6.92 Å². The number of hydrogen-bond acceptors (Lipinski definition) is 2. The molecular formula is C16H22ClNO. The second-order valence-corrected chi connectivity index (χ2v) is 5.10. The topological polar surface area (TPSA) is 21.6 Å². The second-order valence-electron chi connectivity index (χ2n) is 4.85. The lowest BCUT2D eigenvalue weighted by molar-refractivity contribution is 0.174. The number of rotatable bonds is 6. The average Bonchev–Trinajstić information content (AvgIpc) is 2.37. The highest BCUT2D eigenvalue weighted by Crippen LogP contribution is 2.17. The van der Waals surface area contributed by atoms with Crippen LogP contribution in [0, 0.1) is 20.8 Å². The predicted molar refractivity (Wildman–Crippen MR) is 83.0 cm³/mol. The Labute approximate surface area is 121 Å². The van der Waals surface area contributed by atoms with Crippen LogP contribution in [0.2, 0.25) is 0 Å². The van der Waals surface area contributed by atoms with E-state index in [1.165, 1.54) is 27.8 Å². The highest BCUT2D eigenvalue weighted by atomic mass is 35.5. The summed E-state index contributed by atoms with van der Waals surface area (Å²) >= 11 is 5.39. The molecule has 19 heavy (non-hydrogen) atoms. The molecule has 0 saturated carbocycles. The van der Waals surface area contributed by atoms with Gasteiger partial charge in [0.05, 0.1) is 5.71 Å². The quantitative estimate of drug-likeness (QED) is 0.420. The standard InChI is InChI=1S/C16H22ClNO/c1-12-10-14(3)16(11-13(12)2)7-6-15(4)18-19-9-5-8-17/h5,8,10-11H,6-7,9H2,1-4H3/b8-5+,18-15+. The minimum atomic E-state index is 0.420. The number of nitrogens with zero attached hydrogens (tertiary/aromatic N) is 1. The van der Waals surface area contributed by atoms with Gasteiger partial charge in [0.15, 0.2) is 0 Å². The number of halogens is 1. The van der Waals surface area contributed by atoms with Crippen LogP contribution >= 0.6 is 11.6 Å². The van der Waals surface area contributed by atoms with Crippen LogP contribution in [0.15, 0.2) is 28.9 Å². The fourth-order valence-corrected chi connectivity index (χ4v) is 1.95. The lowest BCUT2D eigenvalue weighted by Gasteiger charge is -2.09. The van der Waals surface area contributed by atoms with Crippen LogP contribution < -0.4 is 0 Å². The Morgan fingerprint density at radius 3 is 2.58 bits per heavy atom. The maximum atomic E-state index is 5.39. The van der Waals surface area contributed by atoms with Gasteiger partial charge in [0.2, 0.25) is 0 Å². The molecule has 0 saturated heterocycles. The smallest absolute Gasteiger partial charge is 0.136 e. The monoisotopic (exact) mass is 279 g/mol. The van der Waals surface area contributed by atoms with Crippen LogP contribution in [0.4, 0.5) is 0 Å². The summed E-state index contributed by atoms with van der Waals surface area (Å²) in [5, 5.41) is 4.05. The number of oxime groups is 1. The Balaban J connectivity index is 2.54. The zero-order chi connectivity index (χ0) is 14.3. The van der Waals surface area contributed by atoms with Crippen molar-refractivity contribution in [3.05, 3.63) is 46.0 Å². The first-order chi connectivity index (χ1) is 9.04. The molecule has 0 aliphatic heterocycles. The minimum absolute atomic E-state index is 0.420. The number of hydrogen-bond donors (Lipinski definition) is 0. The van der Waals surface area contributed by atoms with E-state index in [4.69, 9.17) is 16.4 Å². The summed E-state index contributed by atoms with van der Waals surface area (Å²) in [7, 11) is 0. The summed E-state index contributed by atoms with van der Waals surface area (Å²) in [6.07, 6.45) is 3.62. The van der Waals surface area contributed by atoms with Crippen molar-refractivity contribution in [1.82, 2.24) is 0 Å². The Bertz CT molecular complexity index is 478. The third kappa shape index (κ3) is 5.48. The summed E-state index contributed by atoms with van der Waals surface area (Å²) in [4.78, 5) is 5.11. The Morgan fingerprint density at radius 1 is 1.21 bits per heavy atom. The van der Waals surface area contributed by atoms with E-state index >= 15 is 0 Å². The fraction of sp³-hybridized carbons (Fsp3) is 0.438. The van der Waals surface area contributed by atoms with Gasteiger partial charge in [-0.3, -0.25) is 0 Å².